The van der Waals surface area contributed by atoms with Crippen LogP contribution in [0.2, 0.25) is 0 Å². The zero-order chi connectivity index (χ0) is 24.6. The van der Waals surface area contributed by atoms with Gasteiger partial charge in [-0.25, -0.2) is 9.97 Å². The number of nitrogens with two attached hydrogens (primary N) is 1. The summed E-state index contributed by atoms with van der Waals surface area (Å²) in [4.78, 5) is 33.9. The number of nitrogens with zero attached hydrogens (tertiary/aromatic N) is 5. The summed E-state index contributed by atoms with van der Waals surface area (Å²) in [5.41, 5.74) is 9.17. The Morgan fingerprint density at radius 2 is 1.89 bits per heavy atom. The average Bonchev–Trinajstić information content (AvgIpc) is 3.27. The minimum atomic E-state index is -0.417. The van der Waals surface area contributed by atoms with Crippen molar-refractivity contribution in [2.75, 3.05) is 31.1 Å². The molecule has 0 bridgehead atoms. The lowest BCUT2D eigenvalue weighted by Crippen LogP contribution is -2.50. The Labute approximate surface area is 215 Å². The molecule has 2 aliphatic rings. The summed E-state index contributed by atoms with van der Waals surface area (Å²) in [7, 11) is 0. The predicted molar refractivity (Wildman–Crippen MR) is 144 cm³/mol. The minimum absolute atomic E-state index is 0.307. The lowest BCUT2D eigenvalue weighted by atomic mass is 9.89. The summed E-state index contributed by atoms with van der Waals surface area (Å²) in [6.07, 6.45) is 7.00. The van der Waals surface area contributed by atoms with Crippen molar-refractivity contribution in [1.82, 2.24) is 19.9 Å². The number of carbonyl (C=O) groups is 1. The van der Waals surface area contributed by atoms with E-state index in [0.717, 1.165) is 66.6 Å². The third-order valence-electron chi connectivity index (χ3n) is 7.42. The summed E-state index contributed by atoms with van der Waals surface area (Å²) in [5.74, 6) is 2.13. The molecule has 2 atom stereocenters. The minimum Gasteiger partial charge on any atom is -0.368 e. The van der Waals surface area contributed by atoms with Crippen molar-refractivity contribution >= 4 is 33.3 Å². The molecule has 0 saturated carbocycles. The highest BCUT2D eigenvalue weighted by molar-refractivity contribution is 7.19. The molecule has 6 rings (SSSR count). The van der Waals surface area contributed by atoms with Crippen molar-refractivity contribution in [2.24, 2.45) is 11.7 Å². The molecule has 4 aromatic rings. The molecular weight excluding hydrogens is 468 g/mol. The number of piperazine rings is 1. The molecule has 0 unspecified atom stereocenters. The second kappa shape index (κ2) is 9.59. The van der Waals surface area contributed by atoms with E-state index >= 15 is 0 Å². The van der Waals surface area contributed by atoms with Crippen LogP contribution in [-0.4, -0.2) is 51.9 Å². The van der Waals surface area contributed by atoms with E-state index in [2.05, 4.69) is 21.7 Å². The van der Waals surface area contributed by atoms with Crippen molar-refractivity contribution in [3.63, 3.8) is 0 Å². The Balaban J connectivity index is 1.36. The first kappa shape index (κ1) is 23.1. The molecule has 1 aliphatic heterocycles. The maximum absolute atomic E-state index is 12.4. The van der Waals surface area contributed by atoms with Gasteiger partial charge in [0.15, 0.2) is 5.82 Å². The van der Waals surface area contributed by atoms with Crippen molar-refractivity contribution in [1.29, 1.82) is 0 Å². The van der Waals surface area contributed by atoms with Gasteiger partial charge in [0.25, 0.3) is 0 Å². The molecule has 8 heteroatoms. The Kier molecular flexibility index (Phi) is 6.15. The second-order valence-corrected chi connectivity index (χ2v) is 11.0. The van der Waals surface area contributed by atoms with Crippen LogP contribution < -0.4 is 10.6 Å². The Hall–Kier alpha value is -3.36. The van der Waals surface area contributed by atoms with Gasteiger partial charge in [-0.15, -0.1) is 11.3 Å². The van der Waals surface area contributed by atoms with E-state index in [9.17, 15) is 4.79 Å². The van der Waals surface area contributed by atoms with Gasteiger partial charge in [-0.05, 0) is 48.4 Å². The number of fused-ring (bicyclic) bond motifs is 3. The third kappa shape index (κ3) is 4.24. The van der Waals surface area contributed by atoms with E-state index in [1.807, 2.05) is 60.0 Å². The summed E-state index contributed by atoms with van der Waals surface area (Å²) in [5, 5.41) is 1.22. The van der Waals surface area contributed by atoms with Crippen LogP contribution >= 0.6 is 11.3 Å². The fraction of sp³-hybridized carbons (Fsp3) is 0.357. The van der Waals surface area contributed by atoms with Crippen LogP contribution in [0.15, 0.2) is 54.9 Å². The third-order valence-corrected chi connectivity index (χ3v) is 8.57. The Morgan fingerprint density at radius 1 is 1.08 bits per heavy atom. The first-order chi connectivity index (χ1) is 17.6. The summed E-state index contributed by atoms with van der Waals surface area (Å²) in [6, 6.07) is 13.4. The molecular formula is C28H30N6OS. The molecule has 7 nitrogen and oxygen atoms in total. The van der Waals surface area contributed by atoms with Gasteiger partial charge in [-0.2, -0.15) is 0 Å². The van der Waals surface area contributed by atoms with E-state index in [-0.39, 0.29) is 5.91 Å². The number of benzene rings is 1. The van der Waals surface area contributed by atoms with Crippen LogP contribution in [0.5, 0.6) is 0 Å². The molecule has 3 aromatic heterocycles. The number of amides is 1. The first-order valence-electron chi connectivity index (χ1n) is 12.6. The number of anilines is 1. The molecule has 1 fully saturated rings. The fourth-order valence-electron chi connectivity index (χ4n) is 5.56. The van der Waals surface area contributed by atoms with Crippen molar-refractivity contribution < 1.29 is 4.79 Å². The van der Waals surface area contributed by atoms with E-state index < -0.39 is 6.04 Å². The number of carbonyl (C=O) groups excluding carboxylic acids is 1. The second-order valence-electron chi connectivity index (χ2n) is 9.88. The monoisotopic (exact) mass is 498 g/mol. The molecule has 4 heterocycles. The quantitative estimate of drug-likeness (QED) is 0.443. The number of rotatable bonds is 5. The van der Waals surface area contributed by atoms with Crippen LogP contribution in [0.3, 0.4) is 0 Å². The van der Waals surface area contributed by atoms with Gasteiger partial charge in [-0.1, -0.05) is 37.3 Å². The highest BCUT2D eigenvalue weighted by Crippen LogP contribution is 2.42. The van der Waals surface area contributed by atoms with E-state index in [0.29, 0.717) is 5.92 Å². The van der Waals surface area contributed by atoms with Crippen LogP contribution in [0.4, 0.5) is 5.82 Å². The molecule has 0 radical (unpaired) electrons. The summed E-state index contributed by atoms with van der Waals surface area (Å²) in [6.45, 7) is 5.35. The maximum Gasteiger partial charge on any atom is 0.239 e. The number of hydrogen-bond acceptors (Lipinski definition) is 7. The fourth-order valence-corrected chi connectivity index (χ4v) is 6.94. The van der Waals surface area contributed by atoms with Crippen LogP contribution in [-0.2, 0) is 17.6 Å². The Morgan fingerprint density at radius 3 is 2.61 bits per heavy atom. The number of hydrogen-bond donors (Lipinski definition) is 1. The standard InChI is InChI=1S/C28H30N6OS/c1-18-9-10-21-22(16-18)36-28-23(21)27(31-26(32-28)20-8-5-11-30-17-20)34-14-12-33(13-15-34)24(25(29)35)19-6-3-2-4-7-19/h2-8,11,17-18,24H,9-10,12-16H2,1H3,(H2,29,35)/t18-,24+/m1/s1. The molecule has 1 aliphatic carbocycles. The highest BCUT2D eigenvalue weighted by atomic mass is 32.1. The van der Waals surface area contributed by atoms with Gasteiger partial charge in [0.2, 0.25) is 5.91 Å². The molecule has 2 N–H and O–H groups in total. The first-order valence-corrected chi connectivity index (χ1v) is 13.5. The van der Waals surface area contributed by atoms with Gasteiger partial charge in [-0.3, -0.25) is 14.7 Å². The lowest BCUT2D eigenvalue weighted by Gasteiger charge is -2.39. The summed E-state index contributed by atoms with van der Waals surface area (Å²) >= 11 is 1.83. The average molecular weight is 499 g/mol. The number of pyridine rings is 1. The normalized spacial score (nSPS) is 19.2. The number of aromatic nitrogens is 3. The zero-order valence-corrected chi connectivity index (χ0v) is 21.2. The Bertz CT molecular complexity index is 1380. The van der Waals surface area contributed by atoms with Gasteiger partial charge in [0.05, 0.1) is 5.39 Å². The predicted octanol–water partition coefficient (Wildman–Crippen LogP) is 4.23. The van der Waals surface area contributed by atoms with Crippen LogP contribution in [0, 0.1) is 5.92 Å². The summed E-state index contributed by atoms with van der Waals surface area (Å²) < 4.78 is 0. The van der Waals surface area contributed by atoms with Crippen molar-refractivity contribution in [3.05, 3.63) is 70.9 Å². The van der Waals surface area contributed by atoms with E-state index in [1.54, 1.807) is 6.20 Å². The molecule has 1 amide bonds. The van der Waals surface area contributed by atoms with Gasteiger partial charge in [0.1, 0.15) is 16.7 Å². The SMILES string of the molecule is C[C@@H]1CCc2c(sc3nc(-c4cccnc4)nc(N4CCN([C@H](C(N)=O)c5ccccc5)CC4)c23)C1. The highest BCUT2D eigenvalue weighted by Gasteiger charge is 2.32. The zero-order valence-electron chi connectivity index (χ0n) is 20.4. The maximum atomic E-state index is 12.4. The topological polar surface area (TPSA) is 88.2 Å². The smallest absolute Gasteiger partial charge is 0.239 e. The van der Waals surface area contributed by atoms with Gasteiger partial charge >= 0.3 is 0 Å². The van der Waals surface area contributed by atoms with Gasteiger partial charge in [0, 0.05) is 49.0 Å². The number of thiophene rings is 1. The molecule has 36 heavy (non-hydrogen) atoms. The molecule has 1 saturated heterocycles. The van der Waals surface area contributed by atoms with Crippen molar-refractivity contribution in [2.45, 2.75) is 32.2 Å². The van der Waals surface area contributed by atoms with Gasteiger partial charge < -0.3 is 10.6 Å². The molecule has 184 valence electrons. The van der Waals surface area contributed by atoms with E-state index in [1.165, 1.54) is 22.2 Å². The van der Waals surface area contributed by atoms with E-state index in [4.69, 9.17) is 15.7 Å². The number of primary amides is 1. The largest absolute Gasteiger partial charge is 0.368 e. The van der Waals surface area contributed by atoms with Crippen LogP contribution in [0.1, 0.15) is 35.4 Å². The van der Waals surface area contributed by atoms with Crippen LogP contribution in [0.25, 0.3) is 21.6 Å². The molecule has 0 spiro atoms. The number of aryl methyl sites for hydroxylation is 1. The van der Waals surface area contributed by atoms with Crippen molar-refractivity contribution in [3.8, 4) is 11.4 Å². The molecule has 1 aromatic carbocycles. The lowest BCUT2D eigenvalue weighted by molar-refractivity contribution is -0.123.